The molecule has 0 atom stereocenters. The van der Waals surface area contributed by atoms with E-state index in [-0.39, 0.29) is 6.09 Å². The van der Waals surface area contributed by atoms with Gasteiger partial charge in [0, 0.05) is 42.5 Å². The number of benzene rings is 1. The molecule has 162 valence electrons. The van der Waals surface area contributed by atoms with Gasteiger partial charge in [0.15, 0.2) is 0 Å². The van der Waals surface area contributed by atoms with Crippen molar-refractivity contribution in [2.75, 3.05) is 18.4 Å². The molecule has 1 aliphatic heterocycles. The first kappa shape index (κ1) is 22.0. The summed E-state index contributed by atoms with van der Waals surface area (Å²) < 4.78 is 11.3. The van der Waals surface area contributed by atoms with Crippen molar-refractivity contribution in [3.05, 3.63) is 52.7 Å². The SMILES string of the molecule is CC(C)(C)OC(=O)N1CCC(c2nc(COc3ccc(NC=CN)cc3)cs2)CC1. The molecule has 0 unspecified atom stereocenters. The minimum absolute atomic E-state index is 0.227. The summed E-state index contributed by atoms with van der Waals surface area (Å²) in [4.78, 5) is 18.8. The zero-order chi connectivity index (χ0) is 21.6. The highest BCUT2D eigenvalue weighted by molar-refractivity contribution is 7.09. The molecule has 1 amide bonds. The van der Waals surface area contributed by atoms with Crippen LogP contribution in [0, 0.1) is 0 Å². The number of likely N-dealkylation sites (tertiary alicyclic amines) is 1. The normalized spacial score (nSPS) is 15.4. The van der Waals surface area contributed by atoms with E-state index in [2.05, 4.69) is 10.7 Å². The van der Waals surface area contributed by atoms with Crippen molar-refractivity contribution in [2.24, 2.45) is 5.73 Å². The number of carbonyl (C=O) groups is 1. The third-order valence-electron chi connectivity index (χ3n) is 4.65. The Hall–Kier alpha value is -2.74. The number of aromatic nitrogens is 1. The molecule has 1 saturated heterocycles. The van der Waals surface area contributed by atoms with E-state index in [1.54, 1.807) is 22.4 Å². The summed E-state index contributed by atoms with van der Waals surface area (Å²) in [5.74, 6) is 1.17. The van der Waals surface area contributed by atoms with Gasteiger partial charge < -0.3 is 25.4 Å². The topological polar surface area (TPSA) is 89.7 Å². The molecule has 1 aromatic heterocycles. The van der Waals surface area contributed by atoms with E-state index in [1.165, 1.54) is 6.20 Å². The summed E-state index contributed by atoms with van der Waals surface area (Å²) in [5.41, 5.74) is 6.73. The third kappa shape index (κ3) is 6.38. The molecule has 0 aliphatic carbocycles. The van der Waals surface area contributed by atoms with Crippen LogP contribution in [-0.2, 0) is 11.3 Å². The number of amides is 1. The van der Waals surface area contributed by atoms with Crippen LogP contribution in [0.2, 0.25) is 0 Å². The number of hydrogen-bond donors (Lipinski definition) is 2. The van der Waals surface area contributed by atoms with Crippen molar-refractivity contribution in [1.82, 2.24) is 9.88 Å². The number of ether oxygens (including phenoxy) is 2. The minimum Gasteiger partial charge on any atom is -0.487 e. The van der Waals surface area contributed by atoms with Gasteiger partial charge in [-0.15, -0.1) is 11.3 Å². The van der Waals surface area contributed by atoms with Crippen LogP contribution in [-0.4, -0.2) is 34.7 Å². The third-order valence-corrected chi connectivity index (χ3v) is 5.71. The average molecular weight is 431 g/mol. The summed E-state index contributed by atoms with van der Waals surface area (Å²) in [5, 5.41) is 6.22. The number of carbonyl (C=O) groups excluding carboxylic acids is 1. The van der Waals surface area contributed by atoms with Gasteiger partial charge in [-0.25, -0.2) is 9.78 Å². The Bertz CT molecular complexity index is 850. The van der Waals surface area contributed by atoms with E-state index < -0.39 is 5.60 Å². The molecule has 0 saturated carbocycles. The monoisotopic (exact) mass is 430 g/mol. The first-order chi connectivity index (χ1) is 14.3. The highest BCUT2D eigenvalue weighted by Crippen LogP contribution is 2.31. The van der Waals surface area contributed by atoms with Gasteiger partial charge in [0.25, 0.3) is 0 Å². The summed E-state index contributed by atoms with van der Waals surface area (Å²) in [6.07, 6.45) is 4.70. The Morgan fingerprint density at radius 1 is 1.30 bits per heavy atom. The van der Waals surface area contributed by atoms with Crippen molar-refractivity contribution < 1.29 is 14.3 Å². The van der Waals surface area contributed by atoms with E-state index in [0.717, 1.165) is 35.0 Å². The van der Waals surface area contributed by atoms with Crippen LogP contribution in [0.25, 0.3) is 0 Å². The lowest BCUT2D eigenvalue weighted by Gasteiger charge is -2.32. The Balaban J connectivity index is 1.47. The average Bonchev–Trinajstić information content (AvgIpc) is 3.19. The molecule has 30 heavy (non-hydrogen) atoms. The van der Waals surface area contributed by atoms with Crippen molar-refractivity contribution in [3.63, 3.8) is 0 Å². The van der Waals surface area contributed by atoms with E-state index in [4.69, 9.17) is 20.2 Å². The van der Waals surface area contributed by atoms with Crippen molar-refractivity contribution in [2.45, 2.75) is 51.7 Å². The first-order valence-electron chi connectivity index (χ1n) is 10.1. The molecule has 1 aliphatic rings. The second kappa shape index (κ2) is 9.84. The largest absolute Gasteiger partial charge is 0.487 e. The molecule has 8 heteroatoms. The molecule has 1 aromatic carbocycles. The van der Waals surface area contributed by atoms with Gasteiger partial charge in [0.2, 0.25) is 0 Å². The van der Waals surface area contributed by atoms with Crippen molar-refractivity contribution in [3.8, 4) is 5.75 Å². The van der Waals surface area contributed by atoms with Crippen LogP contribution < -0.4 is 15.8 Å². The highest BCUT2D eigenvalue weighted by Gasteiger charge is 2.28. The fourth-order valence-corrected chi connectivity index (χ4v) is 4.14. The fourth-order valence-electron chi connectivity index (χ4n) is 3.16. The minimum atomic E-state index is -0.462. The number of hydrogen-bond acceptors (Lipinski definition) is 7. The molecular formula is C22H30N4O3S. The summed E-state index contributed by atoms with van der Waals surface area (Å²) >= 11 is 1.67. The van der Waals surface area contributed by atoms with Gasteiger partial charge >= 0.3 is 6.09 Å². The summed E-state index contributed by atoms with van der Waals surface area (Å²) in [7, 11) is 0. The van der Waals surface area contributed by atoms with Gasteiger partial charge in [-0.2, -0.15) is 0 Å². The predicted octanol–water partition coefficient (Wildman–Crippen LogP) is 4.68. The molecule has 7 nitrogen and oxygen atoms in total. The standard InChI is InChI=1S/C22H30N4O3S/c1-22(2,3)29-21(27)26-12-8-16(9-13-26)20-25-18(15-30-20)14-28-19-6-4-17(5-7-19)24-11-10-23/h4-7,10-11,15-16,24H,8-9,12-14,23H2,1-3H3. The number of nitrogens with zero attached hydrogens (tertiary/aromatic N) is 2. The smallest absolute Gasteiger partial charge is 0.410 e. The van der Waals surface area contributed by atoms with Gasteiger partial charge in [-0.3, -0.25) is 0 Å². The Morgan fingerprint density at radius 2 is 2.00 bits per heavy atom. The summed E-state index contributed by atoms with van der Waals surface area (Å²) in [6, 6.07) is 7.68. The number of piperidine rings is 1. The first-order valence-corrected chi connectivity index (χ1v) is 11.0. The number of thiazole rings is 1. The maximum atomic E-state index is 12.2. The Morgan fingerprint density at radius 3 is 2.63 bits per heavy atom. The van der Waals surface area contributed by atoms with E-state index in [0.29, 0.717) is 25.6 Å². The van der Waals surface area contributed by atoms with Crippen molar-refractivity contribution in [1.29, 1.82) is 0 Å². The van der Waals surface area contributed by atoms with E-state index in [9.17, 15) is 4.79 Å². The van der Waals surface area contributed by atoms with Crippen LogP contribution in [0.1, 0.15) is 50.2 Å². The molecule has 3 rings (SSSR count). The molecule has 2 heterocycles. The number of nitrogens with two attached hydrogens (primary N) is 1. The quantitative estimate of drug-likeness (QED) is 0.692. The van der Waals surface area contributed by atoms with Gasteiger partial charge in [0.05, 0.1) is 10.7 Å². The second-order valence-electron chi connectivity index (χ2n) is 8.24. The molecule has 2 aromatic rings. The van der Waals surface area contributed by atoms with Crippen LogP contribution in [0.4, 0.5) is 10.5 Å². The van der Waals surface area contributed by atoms with Crippen LogP contribution in [0.3, 0.4) is 0 Å². The number of rotatable bonds is 6. The fraction of sp³-hybridized carbons (Fsp3) is 0.455. The lowest BCUT2D eigenvalue weighted by molar-refractivity contribution is 0.0205. The van der Waals surface area contributed by atoms with E-state index >= 15 is 0 Å². The van der Waals surface area contributed by atoms with Crippen LogP contribution in [0.5, 0.6) is 5.75 Å². The molecule has 0 bridgehead atoms. The Labute approximate surface area is 181 Å². The molecule has 0 radical (unpaired) electrons. The highest BCUT2D eigenvalue weighted by atomic mass is 32.1. The second-order valence-corrected chi connectivity index (χ2v) is 9.12. The van der Waals surface area contributed by atoms with Gasteiger partial charge in [-0.05, 0) is 57.9 Å². The molecule has 0 spiro atoms. The van der Waals surface area contributed by atoms with Crippen LogP contribution >= 0.6 is 11.3 Å². The summed E-state index contributed by atoms with van der Waals surface area (Å²) in [6.45, 7) is 7.50. The van der Waals surface area contributed by atoms with Gasteiger partial charge in [-0.1, -0.05) is 0 Å². The molecule has 1 fully saturated rings. The van der Waals surface area contributed by atoms with E-state index in [1.807, 2.05) is 45.0 Å². The van der Waals surface area contributed by atoms with Crippen molar-refractivity contribution >= 4 is 23.1 Å². The van der Waals surface area contributed by atoms with Gasteiger partial charge in [0.1, 0.15) is 18.0 Å². The maximum absolute atomic E-state index is 12.2. The molecular weight excluding hydrogens is 400 g/mol. The molecule has 3 N–H and O–H groups in total. The lowest BCUT2D eigenvalue weighted by atomic mass is 9.98. The number of nitrogens with one attached hydrogen (secondary N) is 1. The Kier molecular flexibility index (Phi) is 7.20. The van der Waals surface area contributed by atoms with Crippen LogP contribution in [0.15, 0.2) is 42.0 Å². The zero-order valence-electron chi connectivity index (χ0n) is 17.8. The zero-order valence-corrected chi connectivity index (χ0v) is 18.6. The predicted molar refractivity (Wildman–Crippen MR) is 120 cm³/mol. The number of anilines is 1. The maximum Gasteiger partial charge on any atom is 0.410 e. The lowest BCUT2D eigenvalue weighted by Crippen LogP contribution is -2.41.